The summed E-state index contributed by atoms with van der Waals surface area (Å²) < 4.78 is 13.3. The number of ketones is 1. The number of anilines is 1. The molecule has 0 unspecified atom stereocenters. The van der Waals surface area contributed by atoms with Gasteiger partial charge in [-0.3, -0.25) is 9.69 Å². The quantitative estimate of drug-likeness (QED) is 0.723. The lowest BCUT2D eigenvalue weighted by atomic mass is 9.92. The molecule has 162 valence electrons. The van der Waals surface area contributed by atoms with E-state index in [0.717, 1.165) is 4.90 Å². The predicted molar refractivity (Wildman–Crippen MR) is 115 cm³/mol. The lowest BCUT2D eigenvalue weighted by Crippen LogP contribution is -2.55. The molecule has 1 aliphatic carbocycles. The van der Waals surface area contributed by atoms with Crippen LogP contribution in [0, 0.1) is 11.3 Å². The van der Waals surface area contributed by atoms with Crippen molar-refractivity contribution >= 4 is 23.5 Å². The summed E-state index contributed by atoms with van der Waals surface area (Å²) in [5.74, 6) is -0.148. The zero-order valence-corrected chi connectivity index (χ0v) is 17.7. The molecule has 1 aliphatic heterocycles. The van der Waals surface area contributed by atoms with E-state index in [1.165, 1.54) is 23.9 Å². The van der Waals surface area contributed by atoms with E-state index in [2.05, 4.69) is 0 Å². The zero-order valence-electron chi connectivity index (χ0n) is 17.7. The van der Waals surface area contributed by atoms with Gasteiger partial charge in [0.2, 0.25) is 0 Å². The molecule has 0 bridgehead atoms. The monoisotopic (exact) mass is 432 g/mol. The average molecular weight is 432 g/mol. The molecule has 4 rings (SSSR count). The number of halogens is 1. The van der Waals surface area contributed by atoms with Gasteiger partial charge in [0.15, 0.2) is 5.78 Å². The minimum absolute atomic E-state index is 0.148. The number of hydrogen-bond acceptors (Lipinski definition) is 4. The van der Waals surface area contributed by atoms with Gasteiger partial charge in [0, 0.05) is 31.8 Å². The highest BCUT2D eigenvalue weighted by molar-refractivity contribution is 6.12. The highest BCUT2D eigenvalue weighted by Crippen LogP contribution is 2.45. The Morgan fingerprint density at radius 2 is 1.88 bits per heavy atom. The number of rotatable bonds is 3. The van der Waals surface area contributed by atoms with Crippen molar-refractivity contribution in [1.29, 1.82) is 5.26 Å². The second-order valence-electron chi connectivity index (χ2n) is 7.89. The van der Waals surface area contributed by atoms with Crippen LogP contribution in [0.25, 0.3) is 0 Å². The van der Waals surface area contributed by atoms with E-state index in [-0.39, 0.29) is 12.2 Å². The van der Waals surface area contributed by atoms with Crippen LogP contribution in [-0.4, -0.2) is 41.7 Å². The van der Waals surface area contributed by atoms with Crippen LogP contribution in [0.5, 0.6) is 0 Å². The third kappa shape index (κ3) is 3.42. The molecule has 1 atom stereocenters. The molecule has 32 heavy (non-hydrogen) atoms. The Bertz CT molecular complexity index is 1180. The Hall–Kier alpha value is -3.99. The number of hydrogen-bond donors (Lipinski definition) is 0. The van der Waals surface area contributed by atoms with Crippen molar-refractivity contribution in [3.05, 3.63) is 76.5 Å². The molecule has 4 amide bonds. The summed E-state index contributed by atoms with van der Waals surface area (Å²) >= 11 is 0. The fourth-order valence-corrected chi connectivity index (χ4v) is 4.18. The molecule has 0 fully saturated rings. The van der Waals surface area contributed by atoms with Crippen molar-refractivity contribution < 1.29 is 18.8 Å². The SMILES string of the molecule is CN(C)C(=O)N1C(=O)N(c2cccc(CF)c2)C2=C(C(=O)CC2)[C@@H]1c1ccc(C#N)cc1. The second-order valence-corrected chi connectivity index (χ2v) is 7.89. The molecular weight excluding hydrogens is 411 g/mol. The largest absolute Gasteiger partial charge is 0.337 e. The number of alkyl halides is 1. The van der Waals surface area contributed by atoms with Gasteiger partial charge in [-0.25, -0.2) is 18.9 Å². The first kappa shape index (κ1) is 21.2. The Kier molecular flexibility index (Phi) is 5.49. The first-order chi connectivity index (χ1) is 15.4. The Morgan fingerprint density at radius 3 is 2.50 bits per heavy atom. The van der Waals surface area contributed by atoms with E-state index >= 15 is 0 Å². The number of nitriles is 1. The summed E-state index contributed by atoms with van der Waals surface area (Å²) in [7, 11) is 3.06. The predicted octanol–water partition coefficient (Wildman–Crippen LogP) is 4.31. The van der Waals surface area contributed by atoms with Crippen LogP contribution in [0.2, 0.25) is 0 Å². The average Bonchev–Trinajstić information content (AvgIpc) is 3.18. The van der Waals surface area contributed by atoms with Crippen LogP contribution in [0.3, 0.4) is 0 Å². The Labute approximate surface area is 184 Å². The van der Waals surface area contributed by atoms with Crippen molar-refractivity contribution in [3.8, 4) is 6.07 Å². The van der Waals surface area contributed by atoms with E-state index in [1.54, 1.807) is 48.5 Å². The first-order valence-electron chi connectivity index (χ1n) is 10.1. The maximum atomic E-state index is 13.7. The molecule has 0 aromatic heterocycles. The van der Waals surface area contributed by atoms with Gasteiger partial charge in [-0.1, -0.05) is 24.3 Å². The number of Topliss-reactive ketones (excluding diaryl/α,β-unsaturated/α-hetero) is 1. The fourth-order valence-electron chi connectivity index (χ4n) is 4.18. The van der Waals surface area contributed by atoms with E-state index in [1.807, 2.05) is 6.07 Å². The highest BCUT2D eigenvalue weighted by Gasteiger charge is 2.48. The van der Waals surface area contributed by atoms with Gasteiger partial charge in [0.25, 0.3) is 0 Å². The normalized spacial score (nSPS) is 18.0. The summed E-state index contributed by atoms with van der Waals surface area (Å²) in [5, 5.41) is 9.12. The van der Waals surface area contributed by atoms with Crippen molar-refractivity contribution in [2.75, 3.05) is 19.0 Å². The smallest absolute Gasteiger partial charge is 0.330 e. The van der Waals surface area contributed by atoms with Crippen LogP contribution in [0.4, 0.5) is 19.7 Å². The number of benzene rings is 2. The van der Waals surface area contributed by atoms with Gasteiger partial charge < -0.3 is 4.90 Å². The minimum atomic E-state index is -0.907. The fraction of sp³-hybridized carbons (Fsp3) is 0.250. The van der Waals surface area contributed by atoms with Gasteiger partial charge in [-0.15, -0.1) is 0 Å². The molecule has 1 heterocycles. The van der Waals surface area contributed by atoms with Crippen LogP contribution >= 0.6 is 0 Å². The first-order valence-corrected chi connectivity index (χ1v) is 10.1. The molecule has 7 nitrogen and oxygen atoms in total. The maximum absolute atomic E-state index is 13.7. The van der Waals surface area contributed by atoms with Crippen molar-refractivity contribution in [2.45, 2.75) is 25.6 Å². The topological polar surface area (TPSA) is 84.7 Å². The molecule has 0 spiro atoms. The molecule has 0 saturated carbocycles. The molecular formula is C24H21FN4O3. The molecule has 0 N–H and O–H groups in total. The van der Waals surface area contributed by atoms with Gasteiger partial charge in [-0.2, -0.15) is 5.26 Å². The standard InChI is InChI=1S/C24H21FN4O3/c1-27(2)23(31)29-22(17-8-6-15(14-26)7-9-17)21-19(10-11-20(21)30)28(24(29)32)18-5-3-4-16(12-18)13-25/h3-9,12,22H,10-11,13H2,1-2H3/t22-/m0/s1. The zero-order chi connectivity index (χ0) is 23.0. The second kappa shape index (κ2) is 8.27. The third-order valence-corrected chi connectivity index (χ3v) is 5.67. The lowest BCUT2D eigenvalue weighted by Gasteiger charge is -2.41. The summed E-state index contributed by atoms with van der Waals surface area (Å²) in [6, 6.07) is 12.9. The summed E-state index contributed by atoms with van der Waals surface area (Å²) in [6.07, 6.45) is 0.560. The Morgan fingerprint density at radius 1 is 1.16 bits per heavy atom. The van der Waals surface area contributed by atoms with Crippen molar-refractivity contribution in [2.24, 2.45) is 0 Å². The summed E-state index contributed by atoms with van der Waals surface area (Å²) in [6.45, 7) is -0.699. The molecule has 2 aliphatic rings. The van der Waals surface area contributed by atoms with Crippen LogP contribution < -0.4 is 4.90 Å². The van der Waals surface area contributed by atoms with Gasteiger partial charge in [0.1, 0.15) is 6.67 Å². The molecule has 2 aromatic rings. The molecule has 0 radical (unpaired) electrons. The highest BCUT2D eigenvalue weighted by atomic mass is 19.1. The van der Waals surface area contributed by atoms with E-state index < -0.39 is 24.8 Å². The van der Waals surface area contributed by atoms with E-state index in [4.69, 9.17) is 5.26 Å². The van der Waals surface area contributed by atoms with Crippen LogP contribution in [0.15, 0.2) is 59.8 Å². The van der Waals surface area contributed by atoms with Gasteiger partial charge in [-0.05, 0) is 41.8 Å². The van der Waals surface area contributed by atoms with Crippen molar-refractivity contribution in [1.82, 2.24) is 9.80 Å². The number of carbonyl (C=O) groups excluding carboxylic acids is 3. The molecule has 8 heteroatoms. The van der Waals surface area contributed by atoms with Crippen molar-refractivity contribution in [3.63, 3.8) is 0 Å². The summed E-state index contributed by atoms with van der Waals surface area (Å²) in [4.78, 5) is 43.6. The third-order valence-electron chi connectivity index (χ3n) is 5.67. The summed E-state index contributed by atoms with van der Waals surface area (Å²) in [5.41, 5.74) is 2.68. The number of urea groups is 2. The lowest BCUT2D eigenvalue weighted by molar-refractivity contribution is -0.115. The minimum Gasteiger partial charge on any atom is -0.330 e. The molecule has 0 saturated heterocycles. The van der Waals surface area contributed by atoms with Gasteiger partial charge in [0.05, 0.1) is 23.4 Å². The van der Waals surface area contributed by atoms with Crippen LogP contribution in [-0.2, 0) is 11.5 Å². The molecule has 2 aromatic carbocycles. The Balaban J connectivity index is 1.94. The van der Waals surface area contributed by atoms with E-state index in [0.29, 0.717) is 40.1 Å². The maximum Gasteiger partial charge on any atom is 0.337 e. The number of amides is 4. The van der Waals surface area contributed by atoms with Crippen LogP contribution in [0.1, 0.15) is 35.6 Å². The number of imide groups is 1. The van der Waals surface area contributed by atoms with Gasteiger partial charge >= 0.3 is 12.1 Å². The number of allylic oxidation sites excluding steroid dienone is 1. The number of nitrogens with zero attached hydrogens (tertiary/aromatic N) is 4. The number of carbonyl (C=O) groups is 3. The van der Waals surface area contributed by atoms with E-state index in [9.17, 15) is 18.8 Å².